The van der Waals surface area contributed by atoms with Crippen molar-refractivity contribution in [2.75, 3.05) is 18.5 Å². The fourth-order valence-corrected chi connectivity index (χ4v) is 2.96. The third-order valence-electron chi connectivity index (χ3n) is 4.08. The van der Waals surface area contributed by atoms with Crippen LogP contribution in [0.2, 0.25) is 0 Å². The van der Waals surface area contributed by atoms with Crippen molar-refractivity contribution in [3.05, 3.63) is 29.8 Å². The molecule has 1 heterocycles. The number of nitrogens with two attached hydrogens (primary N) is 1. The van der Waals surface area contributed by atoms with Crippen molar-refractivity contribution in [2.45, 2.75) is 32.6 Å². The molecule has 1 amide bonds. The maximum Gasteiger partial charge on any atom is 0.237 e. The molecule has 114 valence electrons. The Morgan fingerprint density at radius 3 is 2.52 bits per heavy atom. The van der Waals surface area contributed by atoms with Gasteiger partial charge in [0.15, 0.2) is 0 Å². The molecule has 4 nitrogen and oxygen atoms in total. The van der Waals surface area contributed by atoms with Crippen LogP contribution in [0.15, 0.2) is 24.3 Å². The van der Waals surface area contributed by atoms with Crippen LogP contribution < -0.4 is 11.1 Å². The van der Waals surface area contributed by atoms with Crippen molar-refractivity contribution >= 4 is 28.8 Å². The van der Waals surface area contributed by atoms with E-state index in [4.69, 9.17) is 22.7 Å². The first-order valence-electron chi connectivity index (χ1n) is 7.25. The van der Waals surface area contributed by atoms with E-state index < -0.39 is 5.41 Å². The maximum absolute atomic E-state index is 12.8. The van der Waals surface area contributed by atoms with Gasteiger partial charge in [0.05, 0.1) is 4.99 Å². The van der Waals surface area contributed by atoms with E-state index in [0.717, 1.165) is 11.3 Å². The van der Waals surface area contributed by atoms with E-state index in [0.29, 0.717) is 32.0 Å². The highest BCUT2D eigenvalue weighted by Gasteiger charge is 2.43. The zero-order chi connectivity index (χ0) is 15.5. The Hall–Kier alpha value is -1.46. The molecule has 0 radical (unpaired) electrons. The highest BCUT2D eigenvalue weighted by atomic mass is 32.1. The third kappa shape index (κ3) is 3.24. The second-order valence-corrected chi connectivity index (χ2v) is 6.19. The molecule has 21 heavy (non-hydrogen) atoms. The second kappa shape index (κ2) is 6.54. The Morgan fingerprint density at radius 1 is 1.33 bits per heavy atom. The summed E-state index contributed by atoms with van der Waals surface area (Å²) in [6.07, 6.45) is 1.08. The van der Waals surface area contributed by atoms with Crippen molar-refractivity contribution in [3.63, 3.8) is 0 Å². The van der Waals surface area contributed by atoms with Crippen LogP contribution >= 0.6 is 12.2 Å². The normalized spacial score (nSPS) is 17.5. The maximum atomic E-state index is 12.8. The van der Waals surface area contributed by atoms with E-state index in [2.05, 4.69) is 19.2 Å². The van der Waals surface area contributed by atoms with Crippen molar-refractivity contribution in [1.82, 2.24) is 0 Å². The van der Waals surface area contributed by atoms with Crippen LogP contribution in [0.25, 0.3) is 0 Å². The largest absolute Gasteiger partial charge is 0.392 e. The van der Waals surface area contributed by atoms with E-state index >= 15 is 0 Å². The van der Waals surface area contributed by atoms with Gasteiger partial charge in [0.25, 0.3) is 0 Å². The van der Waals surface area contributed by atoms with Gasteiger partial charge in [0.2, 0.25) is 5.91 Å². The SMILES string of the molecule is CC(C)c1ccccc1NC(=O)C1(C(N)=S)CCOCC1. The van der Waals surface area contributed by atoms with Crippen LogP contribution in [0.5, 0.6) is 0 Å². The molecule has 0 spiro atoms. The summed E-state index contributed by atoms with van der Waals surface area (Å²) in [5.41, 5.74) is 7.02. The minimum absolute atomic E-state index is 0.119. The highest BCUT2D eigenvalue weighted by molar-refractivity contribution is 7.80. The van der Waals surface area contributed by atoms with E-state index in [1.165, 1.54) is 0 Å². The van der Waals surface area contributed by atoms with Crippen LogP contribution in [0.1, 0.15) is 38.2 Å². The summed E-state index contributed by atoms with van der Waals surface area (Å²) in [6.45, 7) is 5.22. The van der Waals surface area contributed by atoms with Crippen molar-refractivity contribution in [1.29, 1.82) is 0 Å². The predicted molar refractivity (Wildman–Crippen MR) is 88.4 cm³/mol. The lowest BCUT2D eigenvalue weighted by Gasteiger charge is -2.35. The molecule has 5 heteroatoms. The average molecular weight is 306 g/mol. The first-order chi connectivity index (χ1) is 9.97. The van der Waals surface area contributed by atoms with Crippen LogP contribution in [0.3, 0.4) is 0 Å². The first-order valence-corrected chi connectivity index (χ1v) is 7.66. The zero-order valence-corrected chi connectivity index (χ0v) is 13.3. The molecule has 1 aliphatic heterocycles. The predicted octanol–water partition coefficient (Wildman–Crippen LogP) is 2.83. The van der Waals surface area contributed by atoms with Crippen LogP contribution in [-0.4, -0.2) is 24.1 Å². The van der Waals surface area contributed by atoms with Gasteiger partial charge in [-0.1, -0.05) is 44.3 Å². The summed E-state index contributed by atoms with van der Waals surface area (Å²) in [7, 11) is 0. The molecule has 1 aliphatic rings. The van der Waals surface area contributed by atoms with Crippen LogP contribution in [0, 0.1) is 5.41 Å². The summed E-state index contributed by atoms with van der Waals surface area (Å²) in [6, 6.07) is 7.83. The molecule has 0 atom stereocenters. The molecular formula is C16H22N2O2S. The Labute approximate surface area is 131 Å². The number of ether oxygens (including phenoxy) is 1. The summed E-state index contributed by atoms with van der Waals surface area (Å²) in [5.74, 6) is 0.211. The lowest BCUT2D eigenvalue weighted by atomic mass is 9.79. The number of thiocarbonyl (C=S) groups is 1. The Kier molecular flexibility index (Phi) is 4.96. The van der Waals surface area contributed by atoms with Crippen molar-refractivity contribution in [2.24, 2.45) is 11.1 Å². The molecule has 3 N–H and O–H groups in total. The number of carbonyl (C=O) groups is 1. The van der Waals surface area contributed by atoms with Gasteiger partial charge >= 0.3 is 0 Å². The lowest BCUT2D eigenvalue weighted by molar-refractivity contribution is -0.126. The number of nitrogens with one attached hydrogen (secondary N) is 1. The summed E-state index contributed by atoms with van der Waals surface area (Å²) in [4.78, 5) is 13.0. The number of hydrogen-bond acceptors (Lipinski definition) is 3. The molecule has 1 aromatic rings. The highest BCUT2D eigenvalue weighted by Crippen LogP contribution is 2.33. The molecular weight excluding hydrogens is 284 g/mol. The molecule has 1 aromatic carbocycles. The van der Waals surface area contributed by atoms with Gasteiger partial charge in [-0.2, -0.15) is 0 Å². The smallest absolute Gasteiger partial charge is 0.237 e. The summed E-state index contributed by atoms with van der Waals surface area (Å²) in [5, 5.41) is 3.02. The van der Waals surface area contributed by atoms with Crippen LogP contribution in [-0.2, 0) is 9.53 Å². The van der Waals surface area contributed by atoms with E-state index in [1.807, 2.05) is 24.3 Å². The number of amides is 1. The Bertz CT molecular complexity index is 537. The monoisotopic (exact) mass is 306 g/mol. The molecule has 1 fully saturated rings. The van der Waals surface area contributed by atoms with Gasteiger partial charge in [-0.25, -0.2) is 0 Å². The van der Waals surface area contributed by atoms with Crippen molar-refractivity contribution < 1.29 is 9.53 Å². The summed E-state index contributed by atoms with van der Waals surface area (Å²) >= 11 is 5.17. The fraction of sp³-hybridized carbons (Fsp3) is 0.500. The second-order valence-electron chi connectivity index (χ2n) is 5.75. The van der Waals surface area contributed by atoms with Crippen molar-refractivity contribution in [3.8, 4) is 0 Å². The molecule has 0 aromatic heterocycles. The quantitative estimate of drug-likeness (QED) is 0.840. The zero-order valence-electron chi connectivity index (χ0n) is 12.5. The van der Waals surface area contributed by atoms with Gasteiger partial charge in [0.1, 0.15) is 5.41 Å². The van der Waals surface area contributed by atoms with E-state index in [-0.39, 0.29) is 10.9 Å². The molecule has 0 saturated carbocycles. The summed E-state index contributed by atoms with van der Waals surface area (Å²) < 4.78 is 5.34. The minimum atomic E-state index is -0.794. The molecule has 1 saturated heterocycles. The minimum Gasteiger partial charge on any atom is -0.392 e. The number of anilines is 1. The number of rotatable bonds is 4. The van der Waals surface area contributed by atoms with Gasteiger partial charge in [0, 0.05) is 18.9 Å². The topological polar surface area (TPSA) is 64.4 Å². The molecule has 0 aliphatic carbocycles. The van der Waals surface area contributed by atoms with Gasteiger partial charge in [-0.05, 0) is 30.4 Å². The number of carbonyl (C=O) groups excluding carboxylic acids is 1. The van der Waals surface area contributed by atoms with E-state index in [9.17, 15) is 4.79 Å². The van der Waals surface area contributed by atoms with Crippen LogP contribution in [0.4, 0.5) is 5.69 Å². The Morgan fingerprint density at radius 2 is 1.95 bits per heavy atom. The third-order valence-corrected chi connectivity index (χ3v) is 4.47. The average Bonchev–Trinajstić information content (AvgIpc) is 2.48. The standard InChI is InChI=1S/C16H22N2O2S/c1-11(2)12-5-3-4-6-13(12)18-15(19)16(14(17)21)7-9-20-10-8-16/h3-6,11H,7-10H2,1-2H3,(H2,17,21)(H,18,19). The molecule has 2 rings (SSSR count). The lowest BCUT2D eigenvalue weighted by Crippen LogP contribution is -2.49. The number of benzene rings is 1. The van der Waals surface area contributed by atoms with Gasteiger partial charge in [-0.15, -0.1) is 0 Å². The molecule has 0 bridgehead atoms. The van der Waals surface area contributed by atoms with E-state index in [1.54, 1.807) is 0 Å². The first kappa shape index (κ1) is 15.9. The molecule has 0 unspecified atom stereocenters. The number of para-hydroxylation sites is 1. The number of hydrogen-bond donors (Lipinski definition) is 2. The Balaban J connectivity index is 2.26. The fourth-order valence-electron chi connectivity index (χ4n) is 2.66. The van der Waals surface area contributed by atoms with Gasteiger partial charge in [-0.3, -0.25) is 4.79 Å². The van der Waals surface area contributed by atoms with Gasteiger partial charge < -0.3 is 15.8 Å².